The third-order valence-corrected chi connectivity index (χ3v) is 6.58. The number of carbonyl (C=O) groups excluding carboxylic acids is 1. The predicted molar refractivity (Wildman–Crippen MR) is 111 cm³/mol. The van der Waals surface area contributed by atoms with Gasteiger partial charge in [0.2, 0.25) is 16.0 Å². The van der Waals surface area contributed by atoms with Crippen molar-refractivity contribution in [1.29, 1.82) is 0 Å². The van der Waals surface area contributed by atoms with Crippen LogP contribution in [-0.4, -0.2) is 36.0 Å². The van der Waals surface area contributed by atoms with Gasteiger partial charge < -0.3 is 11.1 Å². The Kier molecular flexibility index (Phi) is 5.24. The molecule has 0 aliphatic carbocycles. The fourth-order valence-corrected chi connectivity index (χ4v) is 4.18. The maximum atomic E-state index is 12.8. The van der Waals surface area contributed by atoms with Crippen molar-refractivity contribution in [3.05, 3.63) is 65.4 Å². The molecule has 0 bridgehead atoms. The molecule has 0 atom stereocenters. The summed E-state index contributed by atoms with van der Waals surface area (Å²) in [6.07, 6.45) is 0.739. The lowest BCUT2D eigenvalue weighted by atomic mass is 9.95. The smallest absolute Gasteiger partial charge is 0.244 e. The van der Waals surface area contributed by atoms with E-state index in [0.29, 0.717) is 27.9 Å². The molecule has 0 fully saturated rings. The SMILES string of the molecule is CNC(C=O)=C(c1ccccc1)c1ccc2nc(N)n(S(=O)(=O)C(C)C)c2c1. The number of rotatable bonds is 6. The van der Waals surface area contributed by atoms with E-state index in [1.54, 1.807) is 39.1 Å². The van der Waals surface area contributed by atoms with Gasteiger partial charge in [-0.2, -0.15) is 0 Å². The monoisotopic (exact) mass is 398 g/mol. The lowest BCUT2D eigenvalue weighted by Gasteiger charge is -2.14. The van der Waals surface area contributed by atoms with Crippen molar-refractivity contribution in [3.63, 3.8) is 0 Å². The number of nitrogens with two attached hydrogens (primary N) is 1. The minimum absolute atomic E-state index is 0.0877. The average Bonchev–Trinajstić information content (AvgIpc) is 3.02. The van der Waals surface area contributed by atoms with Gasteiger partial charge in [0.05, 0.1) is 22.0 Å². The third-order valence-electron chi connectivity index (χ3n) is 4.50. The van der Waals surface area contributed by atoms with Crippen molar-refractivity contribution in [2.24, 2.45) is 0 Å². The molecule has 1 heterocycles. The number of nitrogens with zero attached hydrogens (tertiary/aromatic N) is 2. The zero-order chi connectivity index (χ0) is 20.5. The highest BCUT2D eigenvalue weighted by Crippen LogP contribution is 2.30. The summed E-state index contributed by atoms with van der Waals surface area (Å²) in [6.45, 7) is 3.18. The van der Waals surface area contributed by atoms with Crippen LogP contribution in [-0.2, 0) is 14.8 Å². The molecule has 28 heavy (non-hydrogen) atoms. The van der Waals surface area contributed by atoms with Crippen LogP contribution in [0.25, 0.3) is 16.6 Å². The van der Waals surface area contributed by atoms with Crippen LogP contribution < -0.4 is 11.1 Å². The number of likely N-dealkylation sites (N-methyl/N-ethyl adjacent to an activating group) is 1. The van der Waals surface area contributed by atoms with Crippen LogP contribution in [0.2, 0.25) is 0 Å². The van der Waals surface area contributed by atoms with Crippen LogP contribution in [0.4, 0.5) is 5.95 Å². The molecule has 3 aromatic rings. The first-order valence-electron chi connectivity index (χ1n) is 8.76. The van der Waals surface area contributed by atoms with Crippen molar-refractivity contribution < 1.29 is 13.2 Å². The highest BCUT2D eigenvalue weighted by Gasteiger charge is 2.25. The van der Waals surface area contributed by atoms with E-state index in [1.807, 2.05) is 30.3 Å². The molecule has 0 radical (unpaired) electrons. The Bertz CT molecular complexity index is 1160. The lowest BCUT2D eigenvalue weighted by Crippen LogP contribution is -2.23. The number of benzene rings is 2. The summed E-state index contributed by atoms with van der Waals surface area (Å²) in [5.74, 6) is -0.0877. The van der Waals surface area contributed by atoms with Gasteiger partial charge in [-0.3, -0.25) is 4.79 Å². The maximum absolute atomic E-state index is 12.8. The predicted octanol–water partition coefficient (Wildman–Crippen LogP) is 2.38. The Morgan fingerprint density at radius 2 is 1.82 bits per heavy atom. The first-order valence-corrected chi connectivity index (χ1v) is 10.3. The molecule has 0 amide bonds. The molecule has 3 N–H and O–H groups in total. The Morgan fingerprint density at radius 1 is 1.14 bits per heavy atom. The number of allylic oxidation sites excluding steroid dienone is 1. The fraction of sp³-hybridized carbons (Fsp3) is 0.200. The van der Waals surface area contributed by atoms with Crippen molar-refractivity contribution in [3.8, 4) is 0 Å². The number of anilines is 1. The van der Waals surface area contributed by atoms with Crippen LogP contribution in [0.3, 0.4) is 0 Å². The molecule has 0 saturated heterocycles. The molecular formula is C20H22N4O3S. The highest BCUT2D eigenvalue weighted by molar-refractivity contribution is 7.90. The summed E-state index contributed by atoms with van der Waals surface area (Å²) < 4.78 is 26.6. The molecule has 2 aromatic carbocycles. The number of aromatic nitrogens is 2. The standard InChI is InChI=1S/C20H22N4O3S/c1-13(2)28(26,27)24-18-11-15(9-10-16(18)23-20(24)21)19(17(12-25)22-3)14-7-5-4-6-8-14/h4-13,22H,1-3H3,(H2,21,23). The van der Waals surface area contributed by atoms with Gasteiger partial charge in [-0.1, -0.05) is 36.4 Å². The number of imidazole rings is 1. The van der Waals surface area contributed by atoms with Gasteiger partial charge in [0.1, 0.15) is 0 Å². The van der Waals surface area contributed by atoms with E-state index < -0.39 is 15.3 Å². The Balaban J connectivity index is 2.34. The summed E-state index contributed by atoms with van der Waals surface area (Å²) in [6, 6.07) is 14.6. The fourth-order valence-electron chi connectivity index (χ4n) is 3.03. The first kappa shape index (κ1) is 19.6. The van der Waals surface area contributed by atoms with Crippen LogP contribution in [0.5, 0.6) is 0 Å². The number of nitrogen functional groups attached to an aromatic ring is 1. The largest absolute Gasteiger partial charge is 0.385 e. The van der Waals surface area contributed by atoms with E-state index in [4.69, 9.17) is 5.73 Å². The van der Waals surface area contributed by atoms with E-state index >= 15 is 0 Å². The summed E-state index contributed by atoms with van der Waals surface area (Å²) in [7, 11) is -2.04. The van der Waals surface area contributed by atoms with E-state index in [2.05, 4.69) is 10.3 Å². The van der Waals surface area contributed by atoms with Crippen molar-refractivity contribution in [2.45, 2.75) is 19.1 Å². The second kappa shape index (κ2) is 7.47. The molecule has 0 saturated carbocycles. The molecule has 0 spiro atoms. The van der Waals surface area contributed by atoms with Gasteiger partial charge in [0.25, 0.3) is 0 Å². The maximum Gasteiger partial charge on any atom is 0.244 e. The Labute approximate surface area is 163 Å². The number of nitrogens with one attached hydrogen (secondary N) is 1. The number of carbonyl (C=O) groups is 1. The molecule has 7 nitrogen and oxygen atoms in total. The van der Waals surface area contributed by atoms with Crippen molar-refractivity contribution >= 4 is 38.9 Å². The van der Waals surface area contributed by atoms with Crippen LogP contribution in [0.1, 0.15) is 25.0 Å². The van der Waals surface area contributed by atoms with E-state index in [-0.39, 0.29) is 5.95 Å². The van der Waals surface area contributed by atoms with Gasteiger partial charge in [-0.25, -0.2) is 17.4 Å². The zero-order valence-corrected chi connectivity index (χ0v) is 16.7. The number of hydrogen-bond donors (Lipinski definition) is 2. The Morgan fingerprint density at radius 3 is 2.39 bits per heavy atom. The third kappa shape index (κ3) is 3.27. The van der Waals surface area contributed by atoms with Crippen LogP contribution in [0.15, 0.2) is 54.2 Å². The van der Waals surface area contributed by atoms with Gasteiger partial charge in [-0.05, 0) is 37.1 Å². The van der Waals surface area contributed by atoms with Crippen LogP contribution in [0, 0.1) is 0 Å². The zero-order valence-electron chi connectivity index (χ0n) is 15.9. The minimum Gasteiger partial charge on any atom is -0.385 e. The Hall–Kier alpha value is -3.13. The minimum atomic E-state index is -3.70. The second-order valence-corrected chi connectivity index (χ2v) is 8.89. The number of hydrogen-bond acceptors (Lipinski definition) is 6. The summed E-state index contributed by atoms with van der Waals surface area (Å²) in [5, 5.41) is 2.25. The molecule has 146 valence electrons. The summed E-state index contributed by atoms with van der Waals surface area (Å²) in [4.78, 5) is 15.8. The summed E-state index contributed by atoms with van der Waals surface area (Å²) in [5.41, 5.74) is 9.31. The lowest BCUT2D eigenvalue weighted by molar-refractivity contribution is -0.105. The normalized spacial score (nSPS) is 12.9. The van der Waals surface area contributed by atoms with E-state index in [0.717, 1.165) is 15.8 Å². The molecule has 0 unspecified atom stereocenters. The number of fused-ring (bicyclic) bond motifs is 1. The molecule has 8 heteroatoms. The first-order chi connectivity index (χ1) is 13.3. The van der Waals surface area contributed by atoms with Gasteiger partial charge in [0.15, 0.2) is 6.29 Å². The van der Waals surface area contributed by atoms with Gasteiger partial charge in [-0.15, -0.1) is 0 Å². The van der Waals surface area contributed by atoms with Gasteiger partial charge in [0, 0.05) is 12.6 Å². The molecule has 1 aromatic heterocycles. The van der Waals surface area contributed by atoms with Gasteiger partial charge >= 0.3 is 0 Å². The van der Waals surface area contributed by atoms with E-state index in [1.165, 1.54) is 0 Å². The molecule has 3 rings (SSSR count). The molecule has 0 aliphatic rings. The van der Waals surface area contributed by atoms with Crippen molar-refractivity contribution in [2.75, 3.05) is 12.8 Å². The van der Waals surface area contributed by atoms with Crippen molar-refractivity contribution in [1.82, 2.24) is 14.3 Å². The quantitative estimate of drug-likeness (QED) is 0.488. The topological polar surface area (TPSA) is 107 Å². The average molecular weight is 398 g/mol. The van der Waals surface area contributed by atoms with Crippen LogP contribution >= 0.6 is 0 Å². The van der Waals surface area contributed by atoms with E-state index in [9.17, 15) is 13.2 Å². The number of aldehydes is 1. The highest BCUT2D eigenvalue weighted by atomic mass is 32.2. The second-order valence-electron chi connectivity index (χ2n) is 6.55. The summed E-state index contributed by atoms with van der Waals surface area (Å²) >= 11 is 0. The molecular weight excluding hydrogens is 376 g/mol. The molecule has 0 aliphatic heterocycles.